The van der Waals surface area contributed by atoms with E-state index in [0.717, 1.165) is 30.0 Å². The van der Waals surface area contributed by atoms with Gasteiger partial charge in [-0.2, -0.15) is 8.75 Å². The fraction of sp³-hybridized carbons (Fsp3) is 0.333. The number of nitrogens with zero attached hydrogens (tertiary/aromatic N) is 2. The fourth-order valence-corrected chi connectivity index (χ4v) is 2.08. The van der Waals surface area contributed by atoms with Gasteiger partial charge >= 0.3 is 0 Å². The molecule has 1 aromatic heterocycles. The molecular formula is C12H15N3S. The van der Waals surface area contributed by atoms with Crippen molar-refractivity contribution in [3.63, 3.8) is 0 Å². The minimum Gasteiger partial charge on any atom is -0.367 e. The molecule has 0 saturated carbocycles. The van der Waals surface area contributed by atoms with Crippen LogP contribution in [0.2, 0.25) is 0 Å². The van der Waals surface area contributed by atoms with Crippen LogP contribution in [0.3, 0.4) is 0 Å². The van der Waals surface area contributed by atoms with Gasteiger partial charge in [0.2, 0.25) is 0 Å². The summed E-state index contributed by atoms with van der Waals surface area (Å²) in [5.41, 5.74) is 3.33. The van der Waals surface area contributed by atoms with Crippen LogP contribution in [0.15, 0.2) is 24.3 Å². The average molecular weight is 233 g/mol. The summed E-state index contributed by atoms with van der Waals surface area (Å²) in [5, 5.41) is 3.30. The molecule has 0 aliphatic carbocycles. The number of rotatable bonds is 4. The zero-order valence-electron chi connectivity index (χ0n) is 9.53. The first-order valence-electron chi connectivity index (χ1n) is 5.44. The molecule has 0 aliphatic heterocycles. The van der Waals surface area contributed by atoms with Crippen LogP contribution in [-0.2, 0) is 0 Å². The zero-order chi connectivity index (χ0) is 11.4. The van der Waals surface area contributed by atoms with Gasteiger partial charge in [-0.3, -0.25) is 0 Å². The maximum atomic E-state index is 4.35. The van der Waals surface area contributed by atoms with Crippen LogP contribution in [0.4, 0.5) is 5.82 Å². The summed E-state index contributed by atoms with van der Waals surface area (Å²) >= 11 is 1.25. The number of hydrogen-bond acceptors (Lipinski definition) is 4. The number of aryl methyl sites for hydroxylation is 1. The quantitative estimate of drug-likeness (QED) is 0.880. The first-order chi connectivity index (χ1) is 7.81. The molecule has 3 nitrogen and oxygen atoms in total. The van der Waals surface area contributed by atoms with Crippen molar-refractivity contribution in [1.82, 2.24) is 8.75 Å². The Morgan fingerprint density at radius 1 is 1.31 bits per heavy atom. The summed E-state index contributed by atoms with van der Waals surface area (Å²) in [5.74, 6) is 0.900. The van der Waals surface area contributed by atoms with E-state index in [4.69, 9.17) is 0 Å². The highest BCUT2D eigenvalue weighted by Crippen LogP contribution is 2.26. The molecule has 0 unspecified atom stereocenters. The van der Waals surface area contributed by atoms with Crippen molar-refractivity contribution in [2.45, 2.75) is 20.3 Å². The van der Waals surface area contributed by atoms with E-state index >= 15 is 0 Å². The molecule has 4 heteroatoms. The molecule has 0 aliphatic rings. The minimum absolute atomic E-state index is 0.900. The summed E-state index contributed by atoms with van der Waals surface area (Å²) in [6, 6.07) is 8.34. The molecule has 1 N–H and O–H groups in total. The van der Waals surface area contributed by atoms with Crippen LogP contribution in [0.25, 0.3) is 11.3 Å². The van der Waals surface area contributed by atoms with Crippen molar-refractivity contribution in [2.75, 3.05) is 11.9 Å². The number of benzene rings is 1. The second kappa shape index (κ2) is 5.07. The predicted octanol–water partition coefficient (Wildman–Crippen LogP) is 3.34. The van der Waals surface area contributed by atoms with Crippen LogP contribution >= 0.6 is 11.7 Å². The Morgan fingerprint density at radius 2 is 2.19 bits per heavy atom. The van der Waals surface area contributed by atoms with E-state index in [9.17, 15) is 0 Å². The molecule has 16 heavy (non-hydrogen) atoms. The topological polar surface area (TPSA) is 37.8 Å². The SMILES string of the molecule is CCCNc1nsnc1-c1cccc(C)c1. The van der Waals surface area contributed by atoms with Crippen molar-refractivity contribution < 1.29 is 0 Å². The van der Waals surface area contributed by atoms with Crippen molar-refractivity contribution in [1.29, 1.82) is 0 Å². The Bertz CT molecular complexity index is 465. The lowest BCUT2D eigenvalue weighted by Gasteiger charge is -2.04. The second-order valence-corrected chi connectivity index (χ2v) is 4.29. The van der Waals surface area contributed by atoms with Crippen LogP contribution in [0, 0.1) is 6.92 Å². The van der Waals surface area contributed by atoms with Gasteiger partial charge in [-0.1, -0.05) is 30.7 Å². The third-order valence-corrected chi connectivity index (χ3v) is 2.85. The average Bonchev–Trinajstić information content (AvgIpc) is 2.74. The molecule has 2 aromatic rings. The first kappa shape index (κ1) is 11.1. The lowest BCUT2D eigenvalue weighted by molar-refractivity contribution is 0.974. The molecule has 2 rings (SSSR count). The number of anilines is 1. The summed E-state index contributed by atoms with van der Waals surface area (Å²) in [7, 11) is 0. The first-order valence-corrected chi connectivity index (χ1v) is 6.17. The highest BCUT2D eigenvalue weighted by molar-refractivity contribution is 6.99. The molecule has 0 fully saturated rings. The molecule has 0 radical (unpaired) electrons. The van der Waals surface area contributed by atoms with E-state index in [-0.39, 0.29) is 0 Å². The third kappa shape index (κ3) is 2.39. The van der Waals surface area contributed by atoms with E-state index in [1.54, 1.807) is 0 Å². The monoisotopic (exact) mass is 233 g/mol. The Labute approximate surface area is 99.9 Å². The maximum absolute atomic E-state index is 4.35. The van der Waals surface area contributed by atoms with E-state index < -0.39 is 0 Å². The van der Waals surface area contributed by atoms with Gasteiger partial charge in [-0.05, 0) is 19.4 Å². The Balaban J connectivity index is 2.29. The molecule has 1 heterocycles. The molecular weight excluding hydrogens is 218 g/mol. The largest absolute Gasteiger partial charge is 0.367 e. The molecule has 0 bridgehead atoms. The van der Waals surface area contributed by atoms with Crippen LogP contribution in [0.5, 0.6) is 0 Å². The molecule has 84 valence electrons. The number of hydrogen-bond donors (Lipinski definition) is 1. The van der Waals surface area contributed by atoms with Gasteiger partial charge in [0, 0.05) is 12.1 Å². The molecule has 0 amide bonds. The minimum atomic E-state index is 0.900. The standard InChI is InChI=1S/C12H15N3S/c1-3-7-13-12-11(14-16-15-12)10-6-4-5-9(2)8-10/h4-6,8H,3,7H2,1-2H3,(H,13,15). The second-order valence-electron chi connectivity index (χ2n) is 3.76. The zero-order valence-corrected chi connectivity index (χ0v) is 10.3. The highest BCUT2D eigenvalue weighted by Gasteiger charge is 2.09. The van der Waals surface area contributed by atoms with E-state index in [1.165, 1.54) is 17.3 Å². The molecule has 0 saturated heterocycles. The normalized spacial score (nSPS) is 10.4. The summed E-state index contributed by atoms with van der Waals surface area (Å²) in [4.78, 5) is 0. The van der Waals surface area contributed by atoms with Crippen LogP contribution < -0.4 is 5.32 Å². The van der Waals surface area contributed by atoms with Crippen LogP contribution in [-0.4, -0.2) is 15.3 Å². The van der Waals surface area contributed by atoms with E-state index in [1.807, 2.05) is 6.07 Å². The van der Waals surface area contributed by atoms with Crippen molar-refractivity contribution in [2.24, 2.45) is 0 Å². The smallest absolute Gasteiger partial charge is 0.168 e. The highest BCUT2D eigenvalue weighted by atomic mass is 32.1. The Kier molecular flexibility index (Phi) is 3.51. The fourth-order valence-electron chi connectivity index (χ4n) is 1.53. The van der Waals surface area contributed by atoms with Gasteiger partial charge in [-0.25, -0.2) is 0 Å². The van der Waals surface area contributed by atoms with Gasteiger partial charge in [0.15, 0.2) is 5.82 Å². The predicted molar refractivity (Wildman–Crippen MR) is 68.9 cm³/mol. The van der Waals surface area contributed by atoms with Crippen molar-refractivity contribution in [3.8, 4) is 11.3 Å². The van der Waals surface area contributed by atoms with Crippen molar-refractivity contribution >= 4 is 17.5 Å². The van der Waals surface area contributed by atoms with Gasteiger partial charge in [0.05, 0.1) is 11.7 Å². The third-order valence-electron chi connectivity index (χ3n) is 2.32. The van der Waals surface area contributed by atoms with Crippen molar-refractivity contribution in [3.05, 3.63) is 29.8 Å². The Morgan fingerprint density at radius 3 is 2.94 bits per heavy atom. The summed E-state index contributed by atoms with van der Waals surface area (Å²) < 4.78 is 8.63. The van der Waals surface area contributed by atoms with Gasteiger partial charge in [0.25, 0.3) is 0 Å². The summed E-state index contributed by atoms with van der Waals surface area (Å²) in [6.45, 7) is 5.16. The van der Waals surface area contributed by atoms with Gasteiger partial charge in [-0.15, -0.1) is 0 Å². The van der Waals surface area contributed by atoms with Gasteiger partial charge < -0.3 is 5.32 Å². The number of aromatic nitrogens is 2. The maximum Gasteiger partial charge on any atom is 0.168 e. The molecule has 0 atom stereocenters. The summed E-state index contributed by atoms with van der Waals surface area (Å²) in [6.07, 6.45) is 1.09. The van der Waals surface area contributed by atoms with E-state index in [2.05, 4.69) is 46.1 Å². The molecule has 0 spiro atoms. The molecule has 1 aromatic carbocycles. The van der Waals surface area contributed by atoms with E-state index in [0.29, 0.717) is 0 Å². The Hall–Kier alpha value is -1.42. The van der Waals surface area contributed by atoms with Crippen LogP contribution in [0.1, 0.15) is 18.9 Å². The lowest BCUT2D eigenvalue weighted by atomic mass is 10.1. The van der Waals surface area contributed by atoms with Gasteiger partial charge in [0.1, 0.15) is 5.69 Å². The number of nitrogens with one attached hydrogen (secondary N) is 1. The lowest BCUT2D eigenvalue weighted by Crippen LogP contribution is -2.01.